The summed E-state index contributed by atoms with van der Waals surface area (Å²) in [7, 11) is 0. The van der Waals surface area contributed by atoms with E-state index in [1.54, 1.807) is 0 Å². The second kappa shape index (κ2) is 9.26. The molecule has 0 bridgehead atoms. The van der Waals surface area contributed by atoms with Crippen LogP contribution in [0.1, 0.15) is 38.2 Å². The minimum absolute atomic E-state index is 0.115. The minimum Gasteiger partial charge on any atom is -0.271 e. The van der Waals surface area contributed by atoms with E-state index in [9.17, 15) is 20.2 Å². The van der Waals surface area contributed by atoms with Crippen LogP contribution in [-0.2, 0) is 0 Å². The van der Waals surface area contributed by atoms with Gasteiger partial charge in [0.15, 0.2) is 0 Å². The average Bonchev–Trinajstić information content (AvgIpc) is 2.65. The number of nitro groups is 2. The lowest BCUT2D eigenvalue weighted by Gasteiger charge is -2.08. The van der Waals surface area contributed by atoms with Crippen molar-refractivity contribution in [2.24, 2.45) is 5.10 Å². The van der Waals surface area contributed by atoms with Gasteiger partial charge in [0.05, 0.1) is 21.6 Å². The van der Waals surface area contributed by atoms with Gasteiger partial charge in [0.25, 0.3) is 5.69 Å². The highest BCUT2D eigenvalue weighted by molar-refractivity contribution is 6.01. The molecule has 0 aromatic heterocycles. The van der Waals surface area contributed by atoms with Gasteiger partial charge >= 0.3 is 5.69 Å². The van der Waals surface area contributed by atoms with Gasteiger partial charge in [0.1, 0.15) is 5.69 Å². The quantitative estimate of drug-likeness (QED) is 0.297. The van der Waals surface area contributed by atoms with Gasteiger partial charge in [-0.1, -0.05) is 50.1 Å². The van der Waals surface area contributed by atoms with E-state index in [-0.39, 0.29) is 17.1 Å². The molecule has 0 saturated heterocycles. The van der Waals surface area contributed by atoms with Crippen LogP contribution in [0.5, 0.6) is 0 Å². The molecule has 1 N–H and O–H groups in total. The first kappa shape index (κ1) is 19.0. The lowest BCUT2D eigenvalue weighted by atomic mass is 10.0. The number of hydrogen-bond acceptors (Lipinski definition) is 6. The maximum absolute atomic E-state index is 11.2. The van der Waals surface area contributed by atoms with Crippen molar-refractivity contribution in [1.82, 2.24) is 0 Å². The lowest BCUT2D eigenvalue weighted by molar-refractivity contribution is -0.393. The summed E-state index contributed by atoms with van der Waals surface area (Å²) in [5.74, 6) is 0. The van der Waals surface area contributed by atoms with Crippen molar-refractivity contribution in [3.63, 3.8) is 0 Å². The van der Waals surface area contributed by atoms with E-state index in [0.717, 1.165) is 43.0 Å². The van der Waals surface area contributed by atoms with E-state index < -0.39 is 9.85 Å². The van der Waals surface area contributed by atoms with Crippen LogP contribution in [-0.4, -0.2) is 15.6 Å². The molecule has 26 heavy (non-hydrogen) atoms. The number of anilines is 1. The molecule has 0 fully saturated rings. The van der Waals surface area contributed by atoms with Gasteiger partial charge in [-0.2, -0.15) is 5.10 Å². The Morgan fingerprint density at radius 2 is 1.77 bits per heavy atom. The molecule has 0 spiro atoms. The minimum atomic E-state index is -0.666. The van der Waals surface area contributed by atoms with Crippen LogP contribution in [0.25, 0.3) is 0 Å². The lowest BCUT2D eigenvalue weighted by Crippen LogP contribution is -2.06. The summed E-state index contributed by atoms with van der Waals surface area (Å²) in [6.45, 7) is 2.11. The third kappa shape index (κ3) is 5.10. The molecule has 136 valence electrons. The number of nitro benzene ring substituents is 2. The third-order valence-corrected chi connectivity index (χ3v) is 3.82. The van der Waals surface area contributed by atoms with Crippen molar-refractivity contribution in [3.05, 3.63) is 74.3 Å². The number of benzene rings is 2. The standard InChI is InChI=1S/C18H20N4O4/c1-2-3-5-10-16(14-8-6-4-7-9-14)19-20-17-12-11-15(21(23)24)13-18(17)22(25)26/h4,6-9,11-13,20H,2-3,5,10H2,1H3/b19-16+. The van der Waals surface area contributed by atoms with E-state index in [1.807, 2.05) is 30.3 Å². The van der Waals surface area contributed by atoms with Crippen LogP contribution in [0.2, 0.25) is 0 Å². The molecular formula is C18H20N4O4. The first-order valence-electron chi connectivity index (χ1n) is 8.33. The van der Waals surface area contributed by atoms with Crippen molar-refractivity contribution in [1.29, 1.82) is 0 Å². The highest BCUT2D eigenvalue weighted by Gasteiger charge is 2.19. The van der Waals surface area contributed by atoms with E-state index in [4.69, 9.17) is 0 Å². The number of nitrogens with zero attached hydrogens (tertiary/aromatic N) is 3. The Kier molecular flexibility index (Phi) is 6.78. The Morgan fingerprint density at radius 1 is 1.04 bits per heavy atom. The van der Waals surface area contributed by atoms with Gasteiger partial charge in [-0.25, -0.2) is 0 Å². The maximum Gasteiger partial charge on any atom is 0.301 e. The van der Waals surface area contributed by atoms with Gasteiger partial charge in [-0.3, -0.25) is 25.7 Å². The maximum atomic E-state index is 11.2. The number of rotatable bonds is 9. The molecule has 0 aliphatic carbocycles. The molecule has 0 unspecified atom stereocenters. The number of unbranched alkanes of at least 4 members (excludes halogenated alkanes) is 2. The monoisotopic (exact) mass is 356 g/mol. The Labute approximate surface area is 150 Å². The van der Waals surface area contributed by atoms with Crippen molar-refractivity contribution in [2.45, 2.75) is 32.6 Å². The molecule has 0 radical (unpaired) electrons. The topological polar surface area (TPSA) is 111 Å². The molecule has 0 saturated carbocycles. The predicted molar refractivity (Wildman–Crippen MR) is 100 cm³/mol. The van der Waals surface area contributed by atoms with E-state index in [1.165, 1.54) is 12.1 Å². The number of hydrogen-bond donors (Lipinski definition) is 1. The van der Waals surface area contributed by atoms with Crippen molar-refractivity contribution in [3.8, 4) is 0 Å². The molecule has 2 aromatic carbocycles. The highest BCUT2D eigenvalue weighted by Crippen LogP contribution is 2.29. The van der Waals surface area contributed by atoms with Gasteiger partial charge in [-0.05, 0) is 24.5 Å². The Morgan fingerprint density at radius 3 is 2.38 bits per heavy atom. The van der Waals surface area contributed by atoms with Crippen LogP contribution in [0.4, 0.5) is 17.1 Å². The predicted octanol–water partition coefficient (Wildman–Crippen LogP) is 4.90. The summed E-state index contributed by atoms with van der Waals surface area (Å²) in [6.07, 6.45) is 3.81. The summed E-state index contributed by atoms with van der Waals surface area (Å²) >= 11 is 0. The summed E-state index contributed by atoms with van der Waals surface area (Å²) in [5.41, 5.74) is 3.82. The fraction of sp³-hybridized carbons (Fsp3) is 0.278. The molecule has 8 heteroatoms. The van der Waals surface area contributed by atoms with Gasteiger partial charge < -0.3 is 0 Å². The highest BCUT2D eigenvalue weighted by atomic mass is 16.6. The summed E-state index contributed by atoms with van der Waals surface area (Å²) in [4.78, 5) is 20.7. The third-order valence-electron chi connectivity index (χ3n) is 3.82. The Hall–Kier alpha value is -3.29. The van der Waals surface area contributed by atoms with E-state index in [2.05, 4.69) is 17.5 Å². The smallest absolute Gasteiger partial charge is 0.271 e. The van der Waals surface area contributed by atoms with Crippen LogP contribution >= 0.6 is 0 Å². The molecular weight excluding hydrogens is 336 g/mol. The normalized spacial score (nSPS) is 11.2. The molecule has 0 aliphatic heterocycles. The number of nitrogens with one attached hydrogen (secondary N) is 1. The first-order chi connectivity index (χ1) is 12.5. The second-order valence-corrected chi connectivity index (χ2v) is 5.71. The fourth-order valence-corrected chi connectivity index (χ4v) is 2.44. The van der Waals surface area contributed by atoms with E-state index >= 15 is 0 Å². The molecule has 2 aromatic rings. The molecule has 0 heterocycles. The zero-order valence-corrected chi connectivity index (χ0v) is 14.4. The molecule has 0 amide bonds. The zero-order chi connectivity index (χ0) is 18.9. The molecule has 0 atom stereocenters. The Balaban J connectivity index is 2.30. The van der Waals surface area contributed by atoms with Crippen LogP contribution in [0, 0.1) is 20.2 Å². The largest absolute Gasteiger partial charge is 0.301 e. The van der Waals surface area contributed by atoms with Crippen LogP contribution < -0.4 is 5.43 Å². The summed E-state index contributed by atoms with van der Waals surface area (Å²) in [6, 6.07) is 13.0. The van der Waals surface area contributed by atoms with E-state index in [0.29, 0.717) is 0 Å². The fourth-order valence-electron chi connectivity index (χ4n) is 2.44. The number of hydrazone groups is 1. The SMILES string of the molecule is CCCCC/C(=N\Nc1ccc([N+](=O)[O-])cc1[N+](=O)[O-])c1ccccc1. The number of non-ortho nitro benzene ring substituents is 1. The van der Waals surface area contributed by atoms with Gasteiger partial charge in [0, 0.05) is 6.07 Å². The second-order valence-electron chi connectivity index (χ2n) is 5.71. The zero-order valence-electron chi connectivity index (χ0n) is 14.4. The molecule has 8 nitrogen and oxygen atoms in total. The average molecular weight is 356 g/mol. The van der Waals surface area contributed by atoms with Gasteiger partial charge in [0.2, 0.25) is 0 Å². The van der Waals surface area contributed by atoms with Crippen molar-refractivity contribution >= 4 is 22.8 Å². The first-order valence-corrected chi connectivity index (χ1v) is 8.33. The summed E-state index contributed by atoms with van der Waals surface area (Å²) in [5, 5.41) is 26.4. The van der Waals surface area contributed by atoms with Gasteiger partial charge in [-0.15, -0.1) is 0 Å². The van der Waals surface area contributed by atoms with Crippen LogP contribution in [0.3, 0.4) is 0 Å². The Bertz CT molecular complexity index is 806. The van der Waals surface area contributed by atoms with Crippen molar-refractivity contribution < 1.29 is 9.85 Å². The van der Waals surface area contributed by atoms with Crippen LogP contribution in [0.15, 0.2) is 53.6 Å². The molecule has 0 aliphatic rings. The molecule has 2 rings (SSSR count). The van der Waals surface area contributed by atoms with Crippen molar-refractivity contribution in [2.75, 3.05) is 5.43 Å². The summed E-state index contributed by atoms with van der Waals surface area (Å²) < 4.78 is 0.